The Bertz CT molecular complexity index is 231. The number of aldehydes is 1. The fourth-order valence-electron chi connectivity index (χ4n) is 2.17. The predicted molar refractivity (Wildman–Crippen MR) is 57.9 cm³/mol. The third kappa shape index (κ3) is 2.22. The van der Waals surface area contributed by atoms with E-state index in [0.717, 1.165) is 45.7 Å². The Morgan fingerprint density at radius 1 is 1.20 bits per heavy atom. The van der Waals surface area contributed by atoms with E-state index in [0.29, 0.717) is 6.04 Å². The smallest absolute Gasteiger partial charge is 0.139 e. The first-order valence-electron chi connectivity index (χ1n) is 5.66. The van der Waals surface area contributed by atoms with Crippen LogP contribution in [0.15, 0.2) is 0 Å². The molecule has 0 radical (unpaired) electrons. The van der Waals surface area contributed by atoms with Crippen LogP contribution in [0.1, 0.15) is 13.8 Å². The van der Waals surface area contributed by atoms with Gasteiger partial charge in [0.2, 0.25) is 0 Å². The standard InChI is InChI=1S/C11H20N2O2/c1-11(2,9-14)13-5-3-12(4-6-13)10-7-15-8-10/h9-10H,3-8H2,1-2H3. The molecule has 0 aromatic heterocycles. The number of nitrogens with zero attached hydrogens (tertiary/aromatic N) is 2. The Kier molecular flexibility index (Phi) is 3.09. The van der Waals surface area contributed by atoms with E-state index in [-0.39, 0.29) is 5.54 Å². The summed E-state index contributed by atoms with van der Waals surface area (Å²) in [6.07, 6.45) is 1.05. The van der Waals surface area contributed by atoms with Crippen LogP contribution in [0.25, 0.3) is 0 Å². The van der Waals surface area contributed by atoms with E-state index >= 15 is 0 Å². The molecule has 0 amide bonds. The zero-order valence-electron chi connectivity index (χ0n) is 9.61. The molecule has 0 spiro atoms. The molecule has 0 saturated carbocycles. The number of carbonyl (C=O) groups is 1. The van der Waals surface area contributed by atoms with Crippen molar-refractivity contribution >= 4 is 6.29 Å². The first-order chi connectivity index (χ1) is 7.13. The van der Waals surface area contributed by atoms with Gasteiger partial charge in [-0.25, -0.2) is 0 Å². The summed E-state index contributed by atoms with van der Waals surface area (Å²) in [6, 6.07) is 0.631. The van der Waals surface area contributed by atoms with Crippen molar-refractivity contribution in [3.8, 4) is 0 Å². The lowest BCUT2D eigenvalue weighted by Gasteiger charge is -2.45. The summed E-state index contributed by atoms with van der Waals surface area (Å²) in [5.74, 6) is 0. The molecule has 2 saturated heterocycles. The molecule has 0 aromatic rings. The van der Waals surface area contributed by atoms with Crippen molar-refractivity contribution in [2.24, 2.45) is 0 Å². The average molecular weight is 212 g/mol. The fraction of sp³-hybridized carbons (Fsp3) is 0.909. The number of ether oxygens (including phenoxy) is 1. The van der Waals surface area contributed by atoms with E-state index in [1.807, 2.05) is 13.8 Å². The van der Waals surface area contributed by atoms with Crippen LogP contribution in [-0.2, 0) is 9.53 Å². The third-order valence-corrected chi connectivity index (χ3v) is 3.55. The lowest BCUT2D eigenvalue weighted by molar-refractivity contribution is -0.120. The molecule has 0 unspecified atom stereocenters. The first kappa shape index (κ1) is 11.0. The van der Waals surface area contributed by atoms with Gasteiger partial charge in [-0.05, 0) is 13.8 Å². The lowest BCUT2D eigenvalue weighted by Crippen LogP contribution is -2.60. The highest BCUT2D eigenvalue weighted by molar-refractivity contribution is 5.62. The highest BCUT2D eigenvalue weighted by Gasteiger charge is 2.33. The van der Waals surface area contributed by atoms with Crippen molar-refractivity contribution in [2.75, 3.05) is 39.4 Å². The van der Waals surface area contributed by atoms with Crippen LogP contribution in [0, 0.1) is 0 Å². The topological polar surface area (TPSA) is 32.8 Å². The van der Waals surface area contributed by atoms with Crippen LogP contribution in [0.5, 0.6) is 0 Å². The molecule has 15 heavy (non-hydrogen) atoms. The Hall–Kier alpha value is -0.450. The van der Waals surface area contributed by atoms with Gasteiger partial charge in [-0.2, -0.15) is 0 Å². The summed E-state index contributed by atoms with van der Waals surface area (Å²) in [5.41, 5.74) is -0.303. The largest absolute Gasteiger partial charge is 0.378 e. The Morgan fingerprint density at radius 3 is 2.20 bits per heavy atom. The van der Waals surface area contributed by atoms with Crippen molar-refractivity contribution in [1.29, 1.82) is 0 Å². The van der Waals surface area contributed by atoms with Gasteiger partial charge in [0.05, 0.1) is 24.8 Å². The second-order valence-corrected chi connectivity index (χ2v) is 4.99. The molecule has 0 aliphatic carbocycles. The molecule has 2 fully saturated rings. The maximum absolute atomic E-state index is 10.9. The summed E-state index contributed by atoms with van der Waals surface area (Å²) >= 11 is 0. The van der Waals surface area contributed by atoms with Crippen molar-refractivity contribution in [1.82, 2.24) is 9.80 Å². The van der Waals surface area contributed by atoms with Crippen LogP contribution in [-0.4, -0.2) is 67.1 Å². The van der Waals surface area contributed by atoms with E-state index in [1.165, 1.54) is 0 Å². The molecule has 0 N–H and O–H groups in total. The molecular formula is C11H20N2O2. The van der Waals surface area contributed by atoms with Gasteiger partial charge < -0.3 is 9.53 Å². The SMILES string of the molecule is CC(C)(C=O)N1CCN(C2COC2)CC1. The maximum atomic E-state index is 10.9. The Balaban J connectivity index is 1.83. The number of hydrogen-bond acceptors (Lipinski definition) is 4. The molecule has 86 valence electrons. The van der Waals surface area contributed by atoms with Crippen molar-refractivity contribution in [3.05, 3.63) is 0 Å². The van der Waals surface area contributed by atoms with Crippen LogP contribution in [0.2, 0.25) is 0 Å². The molecule has 2 rings (SSSR count). The van der Waals surface area contributed by atoms with Crippen LogP contribution < -0.4 is 0 Å². The third-order valence-electron chi connectivity index (χ3n) is 3.55. The van der Waals surface area contributed by atoms with Gasteiger partial charge >= 0.3 is 0 Å². The minimum absolute atomic E-state index is 0.303. The van der Waals surface area contributed by atoms with Gasteiger partial charge in [0.25, 0.3) is 0 Å². The van der Waals surface area contributed by atoms with Crippen molar-refractivity contribution in [3.63, 3.8) is 0 Å². The van der Waals surface area contributed by atoms with Gasteiger partial charge in [-0.1, -0.05) is 0 Å². The lowest BCUT2D eigenvalue weighted by atomic mass is 10.0. The maximum Gasteiger partial charge on any atom is 0.139 e. The minimum Gasteiger partial charge on any atom is -0.378 e. The van der Waals surface area contributed by atoms with Crippen LogP contribution in [0.4, 0.5) is 0 Å². The zero-order chi connectivity index (χ0) is 10.9. The van der Waals surface area contributed by atoms with Gasteiger partial charge in [0.1, 0.15) is 6.29 Å². The second kappa shape index (κ2) is 4.20. The molecule has 4 nitrogen and oxygen atoms in total. The van der Waals surface area contributed by atoms with Gasteiger partial charge in [-0.15, -0.1) is 0 Å². The quantitative estimate of drug-likeness (QED) is 0.616. The highest BCUT2D eigenvalue weighted by Crippen LogP contribution is 2.18. The van der Waals surface area contributed by atoms with E-state index in [9.17, 15) is 4.79 Å². The van der Waals surface area contributed by atoms with E-state index < -0.39 is 0 Å². The van der Waals surface area contributed by atoms with E-state index in [4.69, 9.17) is 4.74 Å². The number of rotatable bonds is 3. The summed E-state index contributed by atoms with van der Waals surface area (Å²) in [6.45, 7) is 9.85. The Labute approximate surface area is 91.2 Å². The summed E-state index contributed by atoms with van der Waals surface area (Å²) < 4.78 is 5.19. The normalized spacial score (nSPS) is 26.3. The minimum atomic E-state index is -0.303. The highest BCUT2D eigenvalue weighted by atomic mass is 16.5. The average Bonchev–Trinajstić information content (AvgIpc) is 2.16. The monoisotopic (exact) mass is 212 g/mol. The summed E-state index contributed by atoms with van der Waals surface area (Å²) in [4.78, 5) is 15.7. The molecule has 0 aromatic carbocycles. The number of carbonyl (C=O) groups excluding carboxylic acids is 1. The molecule has 0 bridgehead atoms. The second-order valence-electron chi connectivity index (χ2n) is 4.99. The number of hydrogen-bond donors (Lipinski definition) is 0. The molecule has 2 aliphatic heterocycles. The molecule has 4 heteroatoms. The van der Waals surface area contributed by atoms with Gasteiger partial charge in [-0.3, -0.25) is 9.80 Å². The van der Waals surface area contributed by atoms with Crippen LogP contribution >= 0.6 is 0 Å². The molecule has 0 atom stereocenters. The number of piperazine rings is 1. The van der Waals surface area contributed by atoms with Crippen molar-refractivity contribution < 1.29 is 9.53 Å². The van der Waals surface area contributed by atoms with E-state index in [1.54, 1.807) is 0 Å². The van der Waals surface area contributed by atoms with E-state index in [2.05, 4.69) is 9.80 Å². The van der Waals surface area contributed by atoms with Crippen LogP contribution in [0.3, 0.4) is 0 Å². The van der Waals surface area contributed by atoms with Gasteiger partial charge in [0, 0.05) is 26.2 Å². The predicted octanol–water partition coefficient (Wildman–Crippen LogP) is -0.0197. The molecule has 2 heterocycles. The van der Waals surface area contributed by atoms with Gasteiger partial charge in [0.15, 0.2) is 0 Å². The molecular weight excluding hydrogens is 192 g/mol. The zero-order valence-corrected chi connectivity index (χ0v) is 9.61. The Morgan fingerprint density at radius 2 is 1.80 bits per heavy atom. The summed E-state index contributed by atoms with van der Waals surface area (Å²) in [5, 5.41) is 0. The first-order valence-corrected chi connectivity index (χ1v) is 5.66. The van der Waals surface area contributed by atoms with Crippen molar-refractivity contribution in [2.45, 2.75) is 25.4 Å². The fourth-order valence-corrected chi connectivity index (χ4v) is 2.17. The molecule has 2 aliphatic rings. The summed E-state index contributed by atoms with van der Waals surface area (Å²) in [7, 11) is 0.